The lowest BCUT2D eigenvalue weighted by molar-refractivity contribution is -0.521. The standard InChI is InChI=1S/C8H3F13N2/c1-4(12)5(13,14)22(3(11)2(9)10)6(15,16)7(17,18)23(4)8(19,20)21/h1H3. The van der Waals surface area contributed by atoms with Gasteiger partial charge in [0.2, 0.25) is 0 Å². The topological polar surface area (TPSA) is 6.48 Å². The van der Waals surface area contributed by atoms with Gasteiger partial charge in [0.15, 0.2) is 0 Å². The van der Waals surface area contributed by atoms with Crippen LogP contribution in [0.25, 0.3) is 0 Å². The number of rotatable bonds is 1. The van der Waals surface area contributed by atoms with Crippen molar-refractivity contribution >= 4 is 0 Å². The zero-order valence-electron chi connectivity index (χ0n) is 10.3. The molecular weight excluding hydrogens is 371 g/mol. The maximum Gasteiger partial charge on any atom is 0.467 e. The smallest absolute Gasteiger partial charge is 0.217 e. The molecule has 0 aromatic heterocycles. The van der Waals surface area contributed by atoms with Crippen molar-refractivity contribution < 1.29 is 57.1 Å². The molecule has 15 heteroatoms. The minimum Gasteiger partial charge on any atom is -0.217 e. The number of hydrogen-bond acceptors (Lipinski definition) is 2. The molecule has 0 radical (unpaired) electrons. The molecule has 0 spiro atoms. The first-order chi connectivity index (χ1) is 9.84. The predicted octanol–water partition coefficient (Wildman–Crippen LogP) is 4.62. The van der Waals surface area contributed by atoms with E-state index in [-0.39, 0.29) is 0 Å². The van der Waals surface area contributed by atoms with Gasteiger partial charge in [-0.05, 0) is 6.92 Å². The Morgan fingerprint density at radius 3 is 1.43 bits per heavy atom. The maximum absolute atomic E-state index is 13.7. The lowest BCUT2D eigenvalue weighted by atomic mass is 10.1. The molecule has 1 saturated heterocycles. The van der Waals surface area contributed by atoms with E-state index >= 15 is 0 Å². The van der Waals surface area contributed by atoms with E-state index in [0.29, 0.717) is 0 Å². The minimum atomic E-state index is -6.88. The summed E-state index contributed by atoms with van der Waals surface area (Å²) in [4.78, 5) is -6.18. The van der Waals surface area contributed by atoms with Crippen LogP contribution in [0.15, 0.2) is 12.0 Å². The molecule has 2 nitrogen and oxygen atoms in total. The van der Waals surface area contributed by atoms with Crippen LogP contribution >= 0.6 is 0 Å². The van der Waals surface area contributed by atoms with Crippen molar-refractivity contribution in [2.75, 3.05) is 0 Å². The van der Waals surface area contributed by atoms with Gasteiger partial charge in [-0.3, -0.25) is 0 Å². The molecule has 136 valence electrons. The lowest BCUT2D eigenvalue weighted by Crippen LogP contribution is -2.82. The van der Waals surface area contributed by atoms with Crippen molar-refractivity contribution in [3.05, 3.63) is 12.0 Å². The molecule has 0 saturated carbocycles. The molecule has 1 atom stereocenters. The number of nitrogens with zero attached hydrogens (tertiary/aromatic N) is 2. The van der Waals surface area contributed by atoms with Crippen LogP contribution in [-0.2, 0) is 0 Å². The number of alkyl halides is 10. The second-order valence-electron chi connectivity index (χ2n) is 4.27. The normalized spacial score (nSPS) is 30.3. The second kappa shape index (κ2) is 4.80. The monoisotopic (exact) mass is 374 g/mol. The first kappa shape index (κ1) is 19.6. The SMILES string of the molecule is CC1(F)N(C(F)(F)F)C(F)(F)C(F)(F)N(C(F)=C(F)F)C1(F)F. The van der Waals surface area contributed by atoms with Crippen LogP contribution in [-0.4, -0.2) is 40.0 Å². The molecule has 1 fully saturated rings. The van der Waals surface area contributed by atoms with E-state index in [0.717, 1.165) is 0 Å². The van der Waals surface area contributed by atoms with Gasteiger partial charge in [0.1, 0.15) is 0 Å². The van der Waals surface area contributed by atoms with Gasteiger partial charge in [-0.2, -0.15) is 52.7 Å². The zero-order chi connectivity index (χ0) is 18.8. The summed E-state index contributed by atoms with van der Waals surface area (Å²) in [6.45, 7) is -0.944. The predicted molar refractivity (Wildman–Crippen MR) is 44.4 cm³/mol. The van der Waals surface area contributed by atoms with E-state index in [1.165, 1.54) is 0 Å². The van der Waals surface area contributed by atoms with E-state index in [1.807, 2.05) is 0 Å². The second-order valence-corrected chi connectivity index (χ2v) is 4.27. The fourth-order valence-corrected chi connectivity index (χ4v) is 1.78. The molecule has 0 bridgehead atoms. The summed E-state index contributed by atoms with van der Waals surface area (Å²) in [7, 11) is 0. The summed E-state index contributed by atoms with van der Waals surface area (Å²) in [6, 6.07) is -20.2. The molecule has 1 rings (SSSR count). The third-order valence-electron chi connectivity index (χ3n) is 2.78. The number of piperazine rings is 1. The molecule has 1 unspecified atom stereocenters. The first-order valence-corrected chi connectivity index (χ1v) is 5.05. The van der Waals surface area contributed by atoms with Gasteiger partial charge >= 0.3 is 30.5 Å². The Bertz CT molecular complexity index is 487. The molecule has 23 heavy (non-hydrogen) atoms. The largest absolute Gasteiger partial charge is 0.467 e. The minimum absolute atomic E-state index is 0.944. The van der Waals surface area contributed by atoms with Crippen molar-refractivity contribution in [1.82, 2.24) is 9.80 Å². The van der Waals surface area contributed by atoms with Gasteiger partial charge in [0, 0.05) is 0 Å². The molecule has 1 aliphatic rings. The van der Waals surface area contributed by atoms with Gasteiger partial charge in [-0.15, -0.1) is 4.90 Å². The van der Waals surface area contributed by atoms with Crippen LogP contribution in [0.1, 0.15) is 6.92 Å². The van der Waals surface area contributed by atoms with Crippen molar-refractivity contribution in [3.63, 3.8) is 0 Å². The van der Waals surface area contributed by atoms with E-state index in [4.69, 9.17) is 0 Å². The van der Waals surface area contributed by atoms with Gasteiger partial charge in [-0.25, -0.2) is 9.29 Å². The highest BCUT2D eigenvalue weighted by Gasteiger charge is 2.87. The Hall–Kier alpha value is -1.41. The molecule has 0 aliphatic carbocycles. The van der Waals surface area contributed by atoms with Crippen molar-refractivity contribution in [3.8, 4) is 0 Å². The summed E-state index contributed by atoms with van der Waals surface area (Å²) < 4.78 is 167. The van der Waals surface area contributed by atoms with Crippen LogP contribution in [0.3, 0.4) is 0 Å². The Kier molecular flexibility index (Phi) is 4.09. The molecule has 0 aromatic carbocycles. The van der Waals surface area contributed by atoms with Crippen LogP contribution in [0, 0.1) is 0 Å². The molecule has 0 aromatic rings. The summed E-state index contributed by atoms with van der Waals surface area (Å²) in [5.41, 5.74) is 0. The molecule has 1 aliphatic heterocycles. The number of halogens is 13. The zero-order valence-corrected chi connectivity index (χ0v) is 10.3. The highest BCUT2D eigenvalue weighted by molar-refractivity contribution is 5.12. The van der Waals surface area contributed by atoms with Gasteiger partial charge in [0.05, 0.1) is 0 Å². The van der Waals surface area contributed by atoms with E-state index in [2.05, 4.69) is 0 Å². The average Bonchev–Trinajstić information content (AvgIpc) is 2.22. The third-order valence-corrected chi connectivity index (χ3v) is 2.78. The Morgan fingerprint density at radius 1 is 0.739 bits per heavy atom. The van der Waals surface area contributed by atoms with E-state index in [9.17, 15) is 57.1 Å². The van der Waals surface area contributed by atoms with E-state index in [1.54, 1.807) is 0 Å². The van der Waals surface area contributed by atoms with Crippen LogP contribution in [0.4, 0.5) is 57.1 Å². The highest BCUT2D eigenvalue weighted by atomic mass is 19.4. The molecular formula is C8H3F13N2. The van der Waals surface area contributed by atoms with Crippen molar-refractivity contribution in [1.29, 1.82) is 0 Å². The summed E-state index contributed by atoms with van der Waals surface area (Å²) in [5, 5.41) is 0. The lowest BCUT2D eigenvalue weighted by Gasteiger charge is -2.55. The number of hydrogen-bond donors (Lipinski definition) is 0. The summed E-state index contributed by atoms with van der Waals surface area (Å²) in [6.07, 6.45) is -10.8. The quantitative estimate of drug-likeness (QED) is 0.488. The molecule has 0 N–H and O–H groups in total. The highest BCUT2D eigenvalue weighted by Crippen LogP contribution is 2.61. The first-order valence-electron chi connectivity index (χ1n) is 5.05. The van der Waals surface area contributed by atoms with Crippen molar-refractivity contribution in [2.24, 2.45) is 0 Å². The van der Waals surface area contributed by atoms with Gasteiger partial charge in [-0.1, -0.05) is 0 Å². The summed E-state index contributed by atoms with van der Waals surface area (Å²) in [5.74, 6) is -9.74. The molecule has 1 heterocycles. The van der Waals surface area contributed by atoms with Gasteiger partial charge in [0.25, 0.3) is 11.7 Å². The van der Waals surface area contributed by atoms with Crippen LogP contribution < -0.4 is 0 Å². The van der Waals surface area contributed by atoms with E-state index < -0.39 is 59.0 Å². The van der Waals surface area contributed by atoms with Gasteiger partial charge < -0.3 is 0 Å². The van der Waals surface area contributed by atoms with Crippen LogP contribution in [0.5, 0.6) is 0 Å². The van der Waals surface area contributed by atoms with Crippen LogP contribution in [0.2, 0.25) is 0 Å². The average molecular weight is 374 g/mol. The maximum atomic E-state index is 13.7. The summed E-state index contributed by atoms with van der Waals surface area (Å²) >= 11 is 0. The fourth-order valence-electron chi connectivity index (χ4n) is 1.78. The third kappa shape index (κ3) is 2.39. The fraction of sp³-hybridized carbons (Fsp3) is 0.750. The Morgan fingerprint density at radius 2 is 1.13 bits per heavy atom. The van der Waals surface area contributed by atoms with Crippen molar-refractivity contribution in [2.45, 2.75) is 37.2 Å². The molecule has 0 amide bonds. The Labute approximate surface area is 117 Å². The Balaban J connectivity index is 3.82.